The zero-order chi connectivity index (χ0) is 19.8. The van der Waals surface area contributed by atoms with Crippen molar-refractivity contribution in [3.8, 4) is 0 Å². The highest BCUT2D eigenvalue weighted by Gasteiger charge is 2.21. The number of aromatic nitrogens is 2. The van der Waals surface area contributed by atoms with E-state index in [4.69, 9.17) is 4.74 Å². The van der Waals surface area contributed by atoms with Crippen LogP contribution in [0.25, 0.3) is 11.0 Å². The van der Waals surface area contributed by atoms with Crippen LogP contribution in [0.4, 0.5) is 0 Å². The maximum absolute atomic E-state index is 12.3. The highest BCUT2D eigenvalue weighted by atomic mass is 32.2. The minimum atomic E-state index is -0.678. The first-order chi connectivity index (χ1) is 13.7. The van der Waals surface area contributed by atoms with E-state index in [1.165, 1.54) is 24.4 Å². The van der Waals surface area contributed by atoms with Crippen molar-refractivity contribution in [2.24, 2.45) is 0 Å². The smallest absolute Gasteiger partial charge is 0.329 e. The number of aromatic amines is 1. The molecule has 3 aromatic rings. The molecule has 8 heteroatoms. The highest BCUT2D eigenvalue weighted by molar-refractivity contribution is 7.99. The Morgan fingerprint density at radius 3 is 2.64 bits per heavy atom. The lowest BCUT2D eigenvalue weighted by Crippen LogP contribution is -2.44. The molecule has 0 saturated heterocycles. The van der Waals surface area contributed by atoms with Gasteiger partial charge in [-0.2, -0.15) is 11.8 Å². The summed E-state index contributed by atoms with van der Waals surface area (Å²) in [4.78, 5) is 31.9. The van der Waals surface area contributed by atoms with Gasteiger partial charge in [0, 0.05) is 11.5 Å². The Morgan fingerprint density at radius 1 is 1.14 bits per heavy atom. The zero-order valence-corrected chi connectivity index (χ0v) is 17.0. The quantitative estimate of drug-likeness (QED) is 0.412. The molecular formula is C20H21N3O3S2. The van der Waals surface area contributed by atoms with Crippen molar-refractivity contribution in [3.05, 3.63) is 60.2 Å². The van der Waals surface area contributed by atoms with Crippen molar-refractivity contribution >= 4 is 46.4 Å². The van der Waals surface area contributed by atoms with E-state index in [2.05, 4.69) is 15.3 Å². The number of nitrogens with one attached hydrogen (secondary N) is 2. The number of ether oxygens (including phenoxy) is 1. The molecule has 28 heavy (non-hydrogen) atoms. The summed E-state index contributed by atoms with van der Waals surface area (Å²) in [5, 5.41) is 3.43. The van der Waals surface area contributed by atoms with Gasteiger partial charge in [0.15, 0.2) is 5.16 Å². The fraction of sp³-hybridized carbons (Fsp3) is 0.250. The van der Waals surface area contributed by atoms with Crippen LogP contribution < -0.4 is 5.32 Å². The molecule has 0 aliphatic heterocycles. The topological polar surface area (TPSA) is 84.1 Å². The summed E-state index contributed by atoms with van der Waals surface area (Å²) in [7, 11) is 1.33. The molecule has 0 aliphatic rings. The van der Waals surface area contributed by atoms with Crippen molar-refractivity contribution in [2.75, 3.05) is 18.6 Å². The third-order valence-corrected chi connectivity index (χ3v) is 5.90. The van der Waals surface area contributed by atoms with E-state index in [0.29, 0.717) is 10.9 Å². The van der Waals surface area contributed by atoms with E-state index in [1.807, 2.05) is 54.6 Å². The van der Waals surface area contributed by atoms with Crippen LogP contribution in [0.2, 0.25) is 0 Å². The lowest BCUT2D eigenvalue weighted by molar-refractivity contribution is -0.144. The molecule has 1 aromatic heterocycles. The van der Waals surface area contributed by atoms with Gasteiger partial charge in [-0.1, -0.05) is 54.2 Å². The third-order valence-electron chi connectivity index (χ3n) is 3.92. The summed E-state index contributed by atoms with van der Waals surface area (Å²) >= 11 is 2.88. The molecule has 0 spiro atoms. The van der Waals surface area contributed by atoms with Gasteiger partial charge in [-0.05, 0) is 17.7 Å². The summed E-state index contributed by atoms with van der Waals surface area (Å²) in [6, 6.07) is 17.0. The van der Waals surface area contributed by atoms with E-state index >= 15 is 0 Å². The van der Waals surface area contributed by atoms with Crippen LogP contribution in [0.3, 0.4) is 0 Å². The number of hydrogen-bond acceptors (Lipinski definition) is 6. The summed E-state index contributed by atoms with van der Waals surface area (Å²) in [6.45, 7) is 0. The number of H-pyrrole nitrogens is 1. The number of benzene rings is 2. The molecule has 1 heterocycles. The van der Waals surface area contributed by atoms with Crippen LogP contribution in [-0.4, -0.2) is 46.5 Å². The average molecular weight is 416 g/mol. The number of carbonyl (C=O) groups excluding carboxylic acids is 2. The summed E-state index contributed by atoms with van der Waals surface area (Å²) < 4.78 is 4.83. The van der Waals surface area contributed by atoms with Crippen molar-refractivity contribution in [1.29, 1.82) is 0 Å². The van der Waals surface area contributed by atoms with Crippen LogP contribution in [-0.2, 0) is 20.1 Å². The Morgan fingerprint density at radius 2 is 1.89 bits per heavy atom. The van der Waals surface area contributed by atoms with Crippen molar-refractivity contribution in [1.82, 2.24) is 15.3 Å². The molecule has 0 aliphatic carbocycles. The standard InChI is InChI=1S/C20H21N3O3S2/c1-26-19(25)17(12-27-11-14-7-3-2-4-8-14)21-18(24)13-28-20-22-15-9-5-6-10-16(15)23-20/h2-10,17H,11-13H2,1H3,(H,21,24)(H,22,23)/t17-/m1/s1. The molecule has 0 saturated carbocycles. The Hall–Kier alpha value is -2.45. The number of fused-ring (bicyclic) bond motifs is 1. The van der Waals surface area contributed by atoms with Crippen molar-refractivity contribution < 1.29 is 14.3 Å². The lowest BCUT2D eigenvalue weighted by atomic mass is 10.2. The van der Waals surface area contributed by atoms with Crippen LogP contribution in [0.1, 0.15) is 5.56 Å². The second kappa shape index (κ2) is 10.2. The minimum Gasteiger partial charge on any atom is -0.467 e. The molecule has 0 radical (unpaired) electrons. The van der Waals surface area contributed by atoms with Gasteiger partial charge in [0.25, 0.3) is 0 Å². The second-order valence-corrected chi connectivity index (χ2v) is 7.99. The Balaban J connectivity index is 1.49. The first-order valence-electron chi connectivity index (χ1n) is 8.72. The van der Waals surface area contributed by atoms with Gasteiger partial charge in [0.2, 0.25) is 5.91 Å². The molecule has 0 fully saturated rings. The van der Waals surface area contributed by atoms with Crippen molar-refractivity contribution in [2.45, 2.75) is 17.0 Å². The molecule has 0 unspecified atom stereocenters. The number of thioether (sulfide) groups is 2. The number of esters is 1. The maximum Gasteiger partial charge on any atom is 0.329 e. The largest absolute Gasteiger partial charge is 0.467 e. The maximum atomic E-state index is 12.3. The van der Waals surface area contributed by atoms with Crippen molar-refractivity contribution in [3.63, 3.8) is 0 Å². The number of nitrogens with zero attached hydrogens (tertiary/aromatic N) is 1. The second-order valence-electron chi connectivity index (χ2n) is 5.99. The van der Waals surface area contributed by atoms with Gasteiger partial charge in [-0.15, -0.1) is 0 Å². The number of amides is 1. The van der Waals surface area contributed by atoms with E-state index in [1.54, 1.807) is 11.8 Å². The summed E-state index contributed by atoms with van der Waals surface area (Å²) in [5.41, 5.74) is 2.95. The normalized spacial score (nSPS) is 11.9. The van der Waals surface area contributed by atoms with E-state index in [9.17, 15) is 9.59 Å². The number of methoxy groups -OCH3 is 1. The van der Waals surface area contributed by atoms with Gasteiger partial charge < -0.3 is 15.0 Å². The first-order valence-corrected chi connectivity index (χ1v) is 10.9. The monoisotopic (exact) mass is 415 g/mol. The summed E-state index contributed by atoms with van der Waals surface area (Å²) in [6.07, 6.45) is 0. The predicted molar refractivity (Wildman–Crippen MR) is 113 cm³/mol. The molecule has 146 valence electrons. The SMILES string of the molecule is COC(=O)[C@@H](CSCc1ccccc1)NC(=O)CSc1nc2ccccc2[nH]1. The Kier molecular flexibility index (Phi) is 7.39. The molecule has 0 bridgehead atoms. The van der Waals surface area contributed by atoms with E-state index < -0.39 is 12.0 Å². The minimum absolute atomic E-state index is 0.163. The van der Waals surface area contributed by atoms with Crippen LogP contribution in [0.15, 0.2) is 59.8 Å². The van der Waals surface area contributed by atoms with Crippen LogP contribution >= 0.6 is 23.5 Å². The molecule has 3 rings (SSSR count). The van der Waals surface area contributed by atoms with Gasteiger partial charge in [-0.25, -0.2) is 9.78 Å². The number of rotatable bonds is 9. The van der Waals surface area contributed by atoms with E-state index in [-0.39, 0.29) is 11.7 Å². The Bertz CT molecular complexity index is 898. The van der Waals surface area contributed by atoms with Gasteiger partial charge in [-0.3, -0.25) is 4.79 Å². The highest BCUT2D eigenvalue weighted by Crippen LogP contribution is 2.19. The average Bonchev–Trinajstić information content (AvgIpc) is 3.15. The van der Waals surface area contributed by atoms with Gasteiger partial charge in [0.1, 0.15) is 6.04 Å². The zero-order valence-electron chi connectivity index (χ0n) is 15.4. The molecule has 1 amide bonds. The molecule has 1 atom stereocenters. The predicted octanol–water partition coefficient (Wildman–Crippen LogP) is 3.25. The molecular weight excluding hydrogens is 394 g/mol. The molecule has 2 N–H and O–H groups in total. The van der Waals surface area contributed by atoms with Gasteiger partial charge in [0.05, 0.1) is 23.9 Å². The van der Waals surface area contributed by atoms with Crippen LogP contribution in [0.5, 0.6) is 0 Å². The Labute approximate surface area is 171 Å². The fourth-order valence-corrected chi connectivity index (χ4v) is 4.24. The fourth-order valence-electron chi connectivity index (χ4n) is 2.55. The summed E-state index contributed by atoms with van der Waals surface area (Å²) in [5.74, 6) is 0.695. The molecule has 2 aromatic carbocycles. The third kappa shape index (κ3) is 5.77. The van der Waals surface area contributed by atoms with E-state index in [0.717, 1.165) is 16.8 Å². The van der Waals surface area contributed by atoms with Gasteiger partial charge >= 0.3 is 5.97 Å². The molecule has 6 nitrogen and oxygen atoms in total. The number of imidazole rings is 1. The number of carbonyl (C=O) groups is 2. The first kappa shape index (κ1) is 20.3. The van der Waals surface area contributed by atoms with Crippen LogP contribution in [0, 0.1) is 0 Å². The number of para-hydroxylation sites is 2. The number of hydrogen-bond donors (Lipinski definition) is 2. The lowest BCUT2D eigenvalue weighted by Gasteiger charge is -2.16.